The number of hydrogen-bond donors (Lipinski definition) is 1. The maximum Gasteiger partial charge on any atom is 0.260 e. The third-order valence-electron chi connectivity index (χ3n) is 7.48. The molecule has 3 aliphatic rings. The van der Waals surface area contributed by atoms with Gasteiger partial charge in [-0.1, -0.05) is 41.9 Å². The van der Waals surface area contributed by atoms with E-state index >= 15 is 0 Å². The number of benzene rings is 3. The highest BCUT2D eigenvalue weighted by atomic mass is 35.5. The number of rotatable bonds is 2. The second-order valence-electron chi connectivity index (χ2n) is 9.42. The Morgan fingerprint density at radius 3 is 2.61 bits per heavy atom. The number of fused-ring (bicyclic) bond motifs is 8. The molecule has 4 aromatic rings. The van der Waals surface area contributed by atoms with Crippen molar-refractivity contribution in [2.24, 2.45) is 0 Å². The molecule has 3 aromatic carbocycles. The summed E-state index contributed by atoms with van der Waals surface area (Å²) in [7, 11) is 0. The van der Waals surface area contributed by atoms with E-state index in [2.05, 4.69) is 4.98 Å². The molecule has 3 amide bonds. The highest BCUT2D eigenvalue weighted by Crippen LogP contribution is 2.45. The zero-order chi connectivity index (χ0) is 24.6. The molecule has 0 saturated carbocycles. The molecule has 3 aliphatic heterocycles. The molecular formula is C28H21ClN4O3. The van der Waals surface area contributed by atoms with E-state index in [0.29, 0.717) is 41.3 Å². The first-order chi connectivity index (χ1) is 17.5. The van der Waals surface area contributed by atoms with Gasteiger partial charge >= 0.3 is 0 Å². The van der Waals surface area contributed by atoms with Crippen LogP contribution in [0.4, 0.5) is 5.69 Å². The Hall–Kier alpha value is -4.10. The van der Waals surface area contributed by atoms with E-state index in [9.17, 15) is 14.4 Å². The van der Waals surface area contributed by atoms with Crippen molar-refractivity contribution in [1.82, 2.24) is 14.8 Å². The fraction of sp³-hybridized carbons (Fsp3) is 0.179. The van der Waals surface area contributed by atoms with Crippen LogP contribution >= 0.6 is 11.6 Å². The van der Waals surface area contributed by atoms with Gasteiger partial charge in [-0.3, -0.25) is 19.3 Å². The van der Waals surface area contributed by atoms with Gasteiger partial charge in [-0.05, 0) is 36.4 Å². The predicted molar refractivity (Wildman–Crippen MR) is 136 cm³/mol. The van der Waals surface area contributed by atoms with E-state index < -0.39 is 6.17 Å². The van der Waals surface area contributed by atoms with Crippen molar-refractivity contribution in [3.63, 3.8) is 0 Å². The number of nitrogens with zero attached hydrogens (tertiary/aromatic N) is 3. The molecule has 7 nitrogen and oxygen atoms in total. The maximum absolute atomic E-state index is 13.7. The minimum Gasteiger partial charge on any atom is -0.358 e. The van der Waals surface area contributed by atoms with Crippen molar-refractivity contribution in [1.29, 1.82) is 0 Å². The molecule has 178 valence electrons. The van der Waals surface area contributed by atoms with Crippen molar-refractivity contribution < 1.29 is 14.4 Å². The van der Waals surface area contributed by atoms with E-state index in [1.807, 2.05) is 42.5 Å². The molecule has 0 bridgehead atoms. The van der Waals surface area contributed by atoms with E-state index in [-0.39, 0.29) is 24.3 Å². The van der Waals surface area contributed by atoms with E-state index in [0.717, 1.165) is 27.7 Å². The number of anilines is 1. The molecule has 0 radical (unpaired) electrons. The largest absolute Gasteiger partial charge is 0.358 e. The highest BCUT2D eigenvalue weighted by molar-refractivity contribution is 6.31. The Bertz CT molecular complexity index is 1610. The van der Waals surface area contributed by atoms with Gasteiger partial charge in [0.25, 0.3) is 11.8 Å². The Morgan fingerprint density at radius 2 is 1.75 bits per heavy atom. The molecule has 1 atom stereocenters. The van der Waals surface area contributed by atoms with Crippen LogP contribution in [0.5, 0.6) is 0 Å². The van der Waals surface area contributed by atoms with Gasteiger partial charge in [0.2, 0.25) is 5.91 Å². The minimum atomic E-state index is -0.646. The molecule has 0 fully saturated rings. The van der Waals surface area contributed by atoms with Crippen LogP contribution in [0.15, 0.2) is 66.7 Å². The molecule has 0 spiro atoms. The SMILES string of the molecule is O=C(CN1C(=O)c2ccccc2N2C(=O)c3ccccc3[C@H]12)N1CCc2[nH]c3ccc(Cl)cc3c2C1. The Kier molecular flexibility index (Phi) is 4.53. The van der Waals surface area contributed by atoms with E-state index in [1.165, 1.54) is 4.90 Å². The topological polar surface area (TPSA) is 76.7 Å². The molecule has 0 unspecified atom stereocenters. The summed E-state index contributed by atoms with van der Waals surface area (Å²) >= 11 is 6.24. The average Bonchev–Trinajstić information content (AvgIpc) is 3.41. The van der Waals surface area contributed by atoms with Crippen LogP contribution in [0, 0.1) is 0 Å². The first kappa shape index (κ1) is 21.2. The van der Waals surface area contributed by atoms with Crippen LogP contribution in [-0.2, 0) is 17.8 Å². The summed E-state index contributed by atoms with van der Waals surface area (Å²) in [6.07, 6.45) is 0.0494. The highest BCUT2D eigenvalue weighted by Gasteiger charge is 2.48. The fourth-order valence-electron chi connectivity index (χ4n) is 5.78. The Labute approximate surface area is 211 Å². The summed E-state index contributed by atoms with van der Waals surface area (Å²) in [5.41, 5.74) is 5.48. The van der Waals surface area contributed by atoms with Gasteiger partial charge in [0, 0.05) is 57.8 Å². The number of hydrogen-bond acceptors (Lipinski definition) is 3. The molecular weight excluding hydrogens is 476 g/mol. The summed E-state index contributed by atoms with van der Waals surface area (Å²) in [6.45, 7) is 0.875. The number of nitrogens with one attached hydrogen (secondary N) is 1. The standard InChI is InChI=1S/C28H21ClN4O3/c29-16-9-10-22-20(13-16)21-14-31(12-11-23(21)30-22)25(34)15-32-26-17-5-1-2-6-18(17)28(36)33(26)24-8-4-3-7-19(24)27(32)35/h1-10,13,26,30H,11-12,14-15H2/t26-/m1/s1. The monoisotopic (exact) mass is 496 g/mol. The zero-order valence-corrected chi connectivity index (χ0v) is 20.0. The third-order valence-corrected chi connectivity index (χ3v) is 7.71. The molecule has 1 aromatic heterocycles. The number of halogens is 1. The second-order valence-corrected chi connectivity index (χ2v) is 9.86. The van der Waals surface area contributed by atoms with Crippen molar-refractivity contribution >= 4 is 45.9 Å². The molecule has 4 heterocycles. The van der Waals surface area contributed by atoms with Gasteiger partial charge in [-0.25, -0.2) is 0 Å². The van der Waals surface area contributed by atoms with Crippen LogP contribution in [0.3, 0.4) is 0 Å². The molecule has 7 rings (SSSR count). The number of carbonyl (C=O) groups excluding carboxylic acids is 3. The third kappa shape index (κ3) is 2.96. The lowest BCUT2D eigenvalue weighted by Crippen LogP contribution is -2.52. The van der Waals surface area contributed by atoms with Crippen molar-refractivity contribution in [3.8, 4) is 0 Å². The van der Waals surface area contributed by atoms with Crippen molar-refractivity contribution in [2.75, 3.05) is 18.0 Å². The van der Waals surface area contributed by atoms with E-state index in [4.69, 9.17) is 11.6 Å². The van der Waals surface area contributed by atoms with Crippen LogP contribution in [-0.4, -0.2) is 45.6 Å². The normalized spacial score (nSPS) is 18.2. The van der Waals surface area contributed by atoms with Gasteiger partial charge in [0.1, 0.15) is 12.7 Å². The average molecular weight is 497 g/mol. The van der Waals surface area contributed by atoms with Crippen molar-refractivity contribution in [2.45, 2.75) is 19.1 Å². The summed E-state index contributed by atoms with van der Waals surface area (Å²) in [5.74, 6) is -0.561. The van der Waals surface area contributed by atoms with Gasteiger partial charge in [-0.2, -0.15) is 0 Å². The number of amides is 3. The lowest BCUT2D eigenvalue weighted by atomic mass is 10.0. The quantitative estimate of drug-likeness (QED) is 0.443. The smallest absolute Gasteiger partial charge is 0.260 e. The lowest BCUT2D eigenvalue weighted by molar-refractivity contribution is -0.133. The summed E-state index contributed by atoms with van der Waals surface area (Å²) in [4.78, 5) is 49.1. The van der Waals surface area contributed by atoms with Gasteiger partial charge in [0.15, 0.2) is 0 Å². The van der Waals surface area contributed by atoms with Crippen LogP contribution in [0.25, 0.3) is 10.9 Å². The molecule has 36 heavy (non-hydrogen) atoms. The van der Waals surface area contributed by atoms with Crippen molar-refractivity contribution in [3.05, 3.63) is 99.7 Å². The number of para-hydroxylation sites is 1. The van der Waals surface area contributed by atoms with E-state index in [1.54, 1.807) is 34.1 Å². The lowest BCUT2D eigenvalue weighted by Gasteiger charge is -2.41. The minimum absolute atomic E-state index is 0.117. The maximum atomic E-state index is 13.7. The summed E-state index contributed by atoms with van der Waals surface area (Å²) < 4.78 is 0. The number of H-pyrrole nitrogens is 1. The molecule has 0 saturated heterocycles. The number of carbonyl (C=O) groups is 3. The zero-order valence-electron chi connectivity index (χ0n) is 19.2. The number of aromatic nitrogens is 1. The van der Waals surface area contributed by atoms with Gasteiger partial charge < -0.3 is 14.8 Å². The molecule has 8 heteroatoms. The first-order valence-corrected chi connectivity index (χ1v) is 12.3. The van der Waals surface area contributed by atoms with Crippen LogP contribution < -0.4 is 4.90 Å². The Morgan fingerprint density at radius 1 is 0.972 bits per heavy atom. The summed E-state index contributed by atoms with van der Waals surface area (Å²) in [5, 5.41) is 1.66. The first-order valence-electron chi connectivity index (χ1n) is 11.9. The van der Waals surface area contributed by atoms with Gasteiger partial charge in [-0.15, -0.1) is 0 Å². The van der Waals surface area contributed by atoms with Crippen LogP contribution in [0.1, 0.15) is 43.7 Å². The summed E-state index contributed by atoms with van der Waals surface area (Å²) in [6, 6.07) is 20.1. The van der Waals surface area contributed by atoms with Crippen LogP contribution in [0.2, 0.25) is 5.02 Å². The fourth-order valence-corrected chi connectivity index (χ4v) is 5.95. The Balaban J connectivity index is 1.24. The molecule has 1 N–H and O–H groups in total. The predicted octanol–water partition coefficient (Wildman–Crippen LogP) is 4.52. The molecule has 0 aliphatic carbocycles. The van der Waals surface area contributed by atoms with Gasteiger partial charge in [0.05, 0.1) is 11.3 Å². The number of aromatic amines is 1. The second kappa shape index (κ2) is 7.70.